The summed E-state index contributed by atoms with van der Waals surface area (Å²) >= 11 is 0. The SMILES string of the molecule is Cc1cccc(CN2CC(C(C)C)NCC2C(C)C)c1. The smallest absolute Gasteiger partial charge is 0.0247 e. The van der Waals surface area contributed by atoms with Crippen molar-refractivity contribution in [3.63, 3.8) is 0 Å². The molecular weight excluding hydrogens is 244 g/mol. The summed E-state index contributed by atoms with van der Waals surface area (Å²) in [5.41, 5.74) is 2.80. The average molecular weight is 274 g/mol. The number of hydrogen-bond donors (Lipinski definition) is 1. The molecule has 2 atom stereocenters. The second-order valence-corrected chi connectivity index (χ2v) is 6.99. The molecule has 20 heavy (non-hydrogen) atoms. The van der Waals surface area contributed by atoms with Gasteiger partial charge in [-0.2, -0.15) is 0 Å². The number of benzene rings is 1. The van der Waals surface area contributed by atoms with Gasteiger partial charge in [-0.05, 0) is 24.3 Å². The van der Waals surface area contributed by atoms with E-state index in [9.17, 15) is 0 Å². The van der Waals surface area contributed by atoms with Gasteiger partial charge >= 0.3 is 0 Å². The fraction of sp³-hybridized carbons (Fsp3) is 0.667. The van der Waals surface area contributed by atoms with E-state index in [0.29, 0.717) is 23.9 Å². The zero-order valence-electron chi connectivity index (χ0n) is 13.7. The first-order valence-electron chi connectivity index (χ1n) is 8.00. The molecule has 1 aliphatic rings. The van der Waals surface area contributed by atoms with Gasteiger partial charge in [0.15, 0.2) is 0 Å². The van der Waals surface area contributed by atoms with Gasteiger partial charge in [0.2, 0.25) is 0 Å². The van der Waals surface area contributed by atoms with Crippen LogP contribution in [0.5, 0.6) is 0 Å². The summed E-state index contributed by atoms with van der Waals surface area (Å²) in [6, 6.07) is 10.2. The predicted molar refractivity (Wildman–Crippen MR) is 86.8 cm³/mol. The monoisotopic (exact) mass is 274 g/mol. The maximum absolute atomic E-state index is 3.74. The zero-order valence-corrected chi connectivity index (χ0v) is 13.7. The molecule has 2 nitrogen and oxygen atoms in total. The molecule has 1 aromatic rings. The molecule has 1 heterocycles. The number of aryl methyl sites for hydroxylation is 1. The molecule has 0 aromatic heterocycles. The van der Waals surface area contributed by atoms with Crippen molar-refractivity contribution in [3.05, 3.63) is 35.4 Å². The lowest BCUT2D eigenvalue weighted by Crippen LogP contribution is -2.59. The first kappa shape index (κ1) is 15.5. The van der Waals surface area contributed by atoms with Gasteiger partial charge in [-0.1, -0.05) is 57.5 Å². The van der Waals surface area contributed by atoms with Gasteiger partial charge in [-0.15, -0.1) is 0 Å². The maximum atomic E-state index is 3.74. The third-order valence-electron chi connectivity index (χ3n) is 4.53. The summed E-state index contributed by atoms with van der Waals surface area (Å²) in [7, 11) is 0. The van der Waals surface area contributed by atoms with E-state index >= 15 is 0 Å². The standard InChI is InChI=1S/C18H30N2/c1-13(2)17-12-20(18(10-19-17)14(3)4)11-16-8-6-7-15(5)9-16/h6-9,13-14,17-19H,10-12H2,1-5H3. The molecule has 1 N–H and O–H groups in total. The summed E-state index contributed by atoms with van der Waals surface area (Å²) in [5.74, 6) is 1.39. The lowest BCUT2D eigenvalue weighted by Gasteiger charge is -2.43. The quantitative estimate of drug-likeness (QED) is 0.904. The Labute approximate surface area is 124 Å². The number of piperazine rings is 1. The van der Waals surface area contributed by atoms with Crippen LogP contribution in [0.25, 0.3) is 0 Å². The molecule has 112 valence electrons. The van der Waals surface area contributed by atoms with Gasteiger partial charge in [-0.25, -0.2) is 0 Å². The van der Waals surface area contributed by atoms with Crippen LogP contribution in [0.3, 0.4) is 0 Å². The molecule has 1 aliphatic heterocycles. The lowest BCUT2D eigenvalue weighted by atomic mass is 9.93. The van der Waals surface area contributed by atoms with E-state index in [0.717, 1.165) is 19.6 Å². The molecule has 1 aromatic carbocycles. The first-order chi connectivity index (χ1) is 9.47. The van der Waals surface area contributed by atoms with Crippen molar-refractivity contribution in [2.75, 3.05) is 13.1 Å². The van der Waals surface area contributed by atoms with Crippen LogP contribution in [-0.4, -0.2) is 30.1 Å². The average Bonchev–Trinajstić information content (AvgIpc) is 2.38. The Morgan fingerprint density at radius 3 is 2.55 bits per heavy atom. The molecule has 0 amide bonds. The van der Waals surface area contributed by atoms with Crippen LogP contribution < -0.4 is 5.32 Å². The molecule has 0 spiro atoms. The van der Waals surface area contributed by atoms with E-state index in [4.69, 9.17) is 0 Å². The van der Waals surface area contributed by atoms with Crippen LogP contribution in [-0.2, 0) is 6.54 Å². The third kappa shape index (κ3) is 3.83. The van der Waals surface area contributed by atoms with Gasteiger partial charge in [-0.3, -0.25) is 4.90 Å². The minimum absolute atomic E-state index is 0.620. The van der Waals surface area contributed by atoms with E-state index in [1.165, 1.54) is 11.1 Å². The molecule has 2 rings (SSSR count). The highest BCUT2D eigenvalue weighted by Gasteiger charge is 2.30. The second-order valence-electron chi connectivity index (χ2n) is 6.99. The third-order valence-corrected chi connectivity index (χ3v) is 4.53. The molecule has 2 unspecified atom stereocenters. The lowest BCUT2D eigenvalue weighted by molar-refractivity contribution is 0.0783. The van der Waals surface area contributed by atoms with Crippen LogP contribution in [0.4, 0.5) is 0 Å². The minimum Gasteiger partial charge on any atom is -0.311 e. The Morgan fingerprint density at radius 1 is 1.20 bits per heavy atom. The topological polar surface area (TPSA) is 15.3 Å². The van der Waals surface area contributed by atoms with E-state index < -0.39 is 0 Å². The van der Waals surface area contributed by atoms with Crippen molar-refractivity contribution in [1.29, 1.82) is 0 Å². The van der Waals surface area contributed by atoms with Gasteiger partial charge in [0, 0.05) is 31.7 Å². The number of rotatable bonds is 4. The van der Waals surface area contributed by atoms with Gasteiger partial charge < -0.3 is 5.32 Å². The molecular formula is C18H30N2. The van der Waals surface area contributed by atoms with E-state index in [1.54, 1.807) is 0 Å². The molecule has 1 saturated heterocycles. The number of nitrogens with zero attached hydrogens (tertiary/aromatic N) is 1. The van der Waals surface area contributed by atoms with Crippen molar-refractivity contribution >= 4 is 0 Å². The molecule has 0 aliphatic carbocycles. The van der Waals surface area contributed by atoms with E-state index in [-0.39, 0.29) is 0 Å². The van der Waals surface area contributed by atoms with Crippen LogP contribution in [0.2, 0.25) is 0 Å². The van der Waals surface area contributed by atoms with Crippen molar-refractivity contribution < 1.29 is 0 Å². The van der Waals surface area contributed by atoms with Crippen molar-refractivity contribution in [1.82, 2.24) is 10.2 Å². The summed E-state index contributed by atoms with van der Waals surface area (Å²) in [6.07, 6.45) is 0. The van der Waals surface area contributed by atoms with Gasteiger partial charge in [0.25, 0.3) is 0 Å². The highest BCUT2D eigenvalue weighted by molar-refractivity contribution is 5.22. The summed E-state index contributed by atoms with van der Waals surface area (Å²) < 4.78 is 0. The highest BCUT2D eigenvalue weighted by Crippen LogP contribution is 2.21. The van der Waals surface area contributed by atoms with Gasteiger partial charge in [0.1, 0.15) is 0 Å². The molecule has 2 heteroatoms. The summed E-state index contributed by atoms with van der Waals surface area (Å²) in [5, 5.41) is 3.74. The van der Waals surface area contributed by atoms with Crippen LogP contribution >= 0.6 is 0 Å². The Bertz CT molecular complexity index is 425. The molecule has 0 bridgehead atoms. The van der Waals surface area contributed by atoms with E-state index in [2.05, 4.69) is 69.1 Å². The first-order valence-corrected chi connectivity index (χ1v) is 8.00. The largest absolute Gasteiger partial charge is 0.311 e. The van der Waals surface area contributed by atoms with Crippen molar-refractivity contribution in [3.8, 4) is 0 Å². The van der Waals surface area contributed by atoms with Crippen molar-refractivity contribution in [2.24, 2.45) is 11.8 Å². The fourth-order valence-corrected chi connectivity index (χ4v) is 3.18. The Hall–Kier alpha value is -0.860. The highest BCUT2D eigenvalue weighted by atomic mass is 15.2. The molecule has 0 saturated carbocycles. The second kappa shape index (κ2) is 6.73. The number of hydrogen-bond acceptors (Lipinski definition) is 2. The maximum Gasteiger partial charge on any atom is 0.0247 e. The van der Waals surface area contributed by atoms with Crippen molar-refractivity contribution in [2.45, 2.75) is 53.2 Å². The molecule has 1 fully saturated rings. The van der Waals surface area contributed by atoms with Crippen LogP contribution in [0, 0.1) is 18.8 Å². The predicted octanol–water partition coefficient (Wildman–Crippen LogP) is 3.45. The molecule has 0 radical (unpaired) electrons. The summed E-state index contributed by atoms with van der Waals surface area (Å²) in [4.78, 5) is 2.68. The Balaban J connectivity index is 2.11. The zero-order chi connectivity index (χ0) is 14.7. The van der Waals surface area contributed by atoms with Gasteiger partial charge in [0.05, 0.1) is 0 Å². The Morgan fingerprint density at radius 2 is 1.95 bits per heavy atom. The fourth-order valence-electron chi connectivity index (χ4n) is 3.18. The summed E-state index contributed by atoms with van der Waals surface area (Å²) in [6.45, 7) is 14.8. The number of nitrogens with one attached hydrogen (secondary N) is 1. The van der Waals surface area contributed by atoms with Crippen LogP contribution in [0.1, 0.15) is 38.8 Å². The Kier molecular flexibility index (Phi) is 5.22. The minimum atomic E-state index is 0.620. The van der Waals surface area contributed by atoms with E-state index in [1.807, 2.05) is 0 Å². The normalized spacial score (nSPS) is 24.6. The van der Waals surface area contributed by atoms with Crippen LogP contribution in [0.15, 0.2) is 24.3 Å².